The van der Waals surface area contributed by atoms with Crippen LogP contribution in [0.4, 0.5) is 4.79 Å². The number of amides is 3. The Morgan fingerprint density at radius 3 is 2.48 bits per heavy atom. The van der Waals surface area contributed by atoms with E-state index in [1.807, 2.05) is 30.3 Å². The Labute approximate surface area is 146 Å². The average Bonchev–Trinajstić information content (AvgIpc) is 2.65. The van der Waals surface area contributed by atoms with E-state index in [1.54, 1.807) is 5.48 Å². The molecule has 4 N–H and O–H groups in total. The highest BCUT2D eigenvalue weighted by atomic mass is 16.5. The van der Waals surface area contributed by atoms with Crippen LogP contribution in [-0.2, 0) is 20.9 Å². The Bertz CT molecular complexity index is 550. The van der Waals surface area contributed by atoms with Gasteiger partial charge < -0.3 is 15.4 Å². The summed E-state index contributed by atoms with van der Waals surface area (Å²) in [6.07, 6.45) is 1.93. The van der Waals surface area contributed by atoms with Crippen LogP contribution >= 0.6 is 0 Å². The van der Waals surface area contributed by atoms with Crippen LogP contribution in [0.15, 0.2) is 30.3 Å². The van der Waals surface area contributed by atoms with E-state index in [0.29, 0.717) is 25.7 Å². The van der Waals surface area contributed by atoms with Crippen molar-refractivity contribution in [2.24, 2.45) is 0 Å². The predicted octanol–water partition coefficient (Wildman–Crippen LogP) is 1.48. The number of benzene rings is 1. The molecule has 8 heteroatoms. The number of hydrogen-bond acceptors (Lipinski definition) is 5. The number of carbonyl (C=O) groups excluding carboxylic acids is 3. The van der Waals surface area contributed by atoms with Crippen LogP contribution in [0.1, 0.15) is 37.7 Å². The summed E-state index contributed by atoms with van der Waals surface area (Å²) in [5.74, 6) is -0.741. The number of rotatable bonds is 10. The van der Waals surface area contributed by atoms with Crippen molar-refractivity contribution >= 4 is 17.9 Å². The van der Waals surface area contributed by atoms with Gasteiger partial charge in [-0.3, -0.25) is 14.8 Å². The maximum atomic E-state index is 11.9. The van der Waals surface area contributed by atoms with Crippen molar-refractivity contribution < 1.29 is 24.3 Å². The van der Waals surface area contributed by atoms with E-state index in [4.69, 9.17) is 9.94 Å². The van der Waals surface area contributed by atoms with Gasteiger partial charge in [-0.15, -0.1) is 0 Å². The summed E-state index contributed by atoms with van der Waals surface area (Å²) < 4.78 is 5.12. The lowest BCUT2D eigenvalue weighted by Crippen LogP contribution is -2.45. The summed E-state index contributed by atoms with van der Waals surface area (Å²) in [6, 6.07) is 8.55. The van der Waals surface area contributed by atoms with Gasteiger partial charge in [-0.2, -0.15) is 0 Å². The van der Waals surface area contributed by atoms with E-state index in [9.17, 15) is 14.4 Å². The summed E-state index contributed by atoms with van der Waals surface area (Å²) in [7, 11) is 1.50. The van der Waals surface area contributed by atoms with Crippen LogP contribution in [0.3, 0.4) is 0 Å². The lowest BCUT2D eigenvalue weighted by molar-refractivity contribution is -0.129. The lowest BCUT2D eigenvalue weighted by atomic mass is 10.1. The summed E-state index contributed by atoms with van der Waals surface area (Å²) in [4.78, 5) is 34.6. The summed E-state index contributed by atoms with van der Waals surface area (Å²) in [5.41, 5.74) is 2.43. The molecule has 0 saturated heterocycles. The van der Waals surface area contributed by atoms with E-state index in [0.717, 1.165) is 5.56 Å². The summed E-state index contributed by atoms with van der Waals surface area (Å²) >= 11 is 0. The van der Waals surface area contributed by atoms with Crippen molar-refractivity contribution in [2.75, 3.05) is 7.05 Å². The summed E-state index contributed by atoms with van der Waals surface area (Å²) in [6.45, 7) is 0.128. The molecule has 0 aliphatic carbocycles. The number of likely N-dealkylation sites (N-methyl/N-ethyl adjacent to an activating group) is 1. The molecule has 1 atom stereocenters. The molecule has 1 aromatic carbocycles. The second-order valence-corrected chi connectivity index (χ2v) is 5.51. The zero-order valence-corrected chi connectivity index (χ0v) is 14.3. The number of alkyl carbamates (subject to hydrolysis) is 1. The van der Waals surface area contributed by atoms with Crippen LogP contribution in [0.25, 0.3) is 0 Å². The smallest absolute Gasteiger partial charge is 0.408 e. The first-order valence-electron chi connectivity index (χ1n) is 8.18. The number of unbranched alkanes of at least 4 members (excludes halogenated alkanes) is 2. The topological polar surface area (TPSA) is 117 Å². The van der Waals surface area contributed by atoms with Crippen LogP contribution in [-0.4, -0.2) is 36.2 Å². The molecule has 0 bridgehead atoms. The first kappa shape index (κ1) is 20.4. The van der Waals surface area contributed by atoms with Crippen molar-refractivity contribution in [1.82, 2.24) is 16.1 Å². The quantitative estimate of drug-likeness (QED) is 0.289. The van der Waals surface area contributed by atoms with Crippen molar-refractivity contribution in [3.63, 3.8) is 0 Å². The molecule has 0 spiro atoms. The van der Waals surface area contributed by atoms with Gasteiger partial charge in [0.25, 0.3) is 0 Å². The fraction of sp³-hybridized carbons (Fsp3) is 0.471. The van der Waals surface area contributed by atoms with Crippen LogP contribution in [0.5, 0.6) is 0 Å². The molecule has 25 heavy (non-hydrogen) atoms. The largest absolute Gasteiger partial charge is 0.445 e. The minimum Gasteiger partial charge on any atom is -0.445 e. The molecule has 0 fully saturated rings. The Morgan fingerprint density at radius 1 is 1.12 bits per heavy atom. The van der Waals surface area contributed by atoms with Gasteiger partial charge in [0.05, 0.1) is 0 Å². The molecular formula is C17H25N3O5. The molecular weight excluding hydrogens is 326 g/mol. The lowest BCUT2D eigenvalue weighted by Gasteiger charge is -2.17. The minimum absolute atomic E-state index is 0.128. The van der Waals surface area contributed by atoms with Crippen molar-refractivity contribution in [3.8, 4) is 0 Å². The van der Waals surface area contributed by atoms with Gasteiger partial charge in [-0.25, -0.2) is 10.3 Å². The highest BCUT2D eigenvalue weighted by Gasteiger charge is 2.20. The fourth-order valence-corrected chi connectivity index (χ4v) is 2.22. The molecule has 8 nitrogen and oxygen atoms in total. The molecule has 1 rings (SSSR count). The molecule has 1 aromatic rings. The number of ether oxygens (including phenoxy) is 1. The second kappa shape index (κ2) is 11.9. The molecule has 3 amide bonds. The second-order valence-electron chi connectivity index (χ2n) is 5.51. The first-order valence-corrected chi connectivity index (χ1v) is 8.18. The highest BCUT2D eigenvalue weighted by molar-refractivity contribution is 5.85. The van der Waals surface area contributed by atoms with Crippen LogP contribution in [0.2, 0.25) is 0 Å². The number of nitrogens with one attached hydrogen (secondary N) is 3. The molecule has 0 heterocycles. The van der Waals surface area contributed by atoms with Crippen LogP contribution < -0.4 is 16.1 Å². The maximum absolute atomic E-state index is 11.9. The Balaban J connectivity index is 2.35. The monoisotopic (exact) mass is 351 g/mol. The van der Waals surface area contributed by atoms with E-state index >= 15 is 0 Å². The SMILES string of the molecule is CNC(=O)[C@H](CCCCCC(=O)NO)NC(=O)OCc1ccccc1. The standard InChI is InChI=1S/C17H25N3O5/c1-18-16(22)14(10-6-3-7-11-15(21)20-24)19-17(23)25-12-13-8-4-2-5-9-13/h2,4-5,8-9,14,24H,3,6-7,10-12H2,1H3,(H,18,22)(H,19,23)(H,20,21)/t14-/m0/s1. The van der Waals surface area contributed by atoms with E-state index in [1.165, 1.54) is 7.05 Å². The number of carbonyl (C=O) groups is 3. The molecule has 0 saturated carbocycles. The number of hydroxylamine groups is 1. The number of hydrogen-bond donors (Lipinski definition) is 4. The van der Waals surface area contributed by atoms with Crippen LogP contribution in [0, 0.1) is 0 Å². The van der Waals surface area contributed by atoms with E-state index in [-0.39, 0.29) is 18.9 Å². The molecule has 0 aliphatic heterocycles. The predicted molar refractivity (Wildman–Crippen MR) is 90.6 cm³/mol. The normalized spacial score (nSPS) is 11.3. The van der Waals surface area contributed by atoms with Gasteiger partial charge in [-0.1, -0.05) is 43.2 Å². The van der Waals surface area contributed by atoms with Gasteiger partial charge in [0, 0.05) is 13.5 Å². The Kier molecular flexibility index (Phi) is 9.69. The van der Waals surface area contributed by atoms with Gasteiger partial charge in [0.15, 0.2) is 0 Å². The Hall–Kier alpha value is -2.61. The highest BCUT2D eigenvalue weighted by Crippen LogP contribution is 2.07. The molecule has 138 valence electrons. The van der Waals surface area contributed by atoms with E-state index < -0.39 is 18.0 Å². The third kappa shape index (κ3) is 8.71. The first-order chi connectivity index (χ1) is 12.1. The van der Waals surface area contributed by atoms with Crippen molar-refractivity contribution in [2.45, 2.75) is 44.8 Å². The third-order valence-corrected chi connectivity index (χ3v) is 3.59. The van der Waals surface area contributed by atoms with Gasteiger partial charge in [-0.05, 0) is 18.4 Å². The van der Waals surface area contributed by atoms with Crippen molar-refractivity contribution in [1.29, 1.82) is 0 Å². The third-order valence-electron chi connectivity index (χ3n) is 3.59. The van der Waals surface area contributed by atoms with Gasteiger partial charge in [0.2, 0.25) is 11.8 Å². The zero-order valence-electron chi connectivity index (χ0n) is 14.3. The van der Waals surface area contributed by atoms with Gasteiger partial charge in [0.1, 0.15) is 12.6 Å². The molecule has 0 aromatic heterocycles. The van der Waals surface area contributed by atoms with E-state index in [2.05, 4.69) is 10.6 Å². The fourth-order valence-electron chi connectivity index (χ4n) is 2.22. The minimum atomic E-state index is -0.694. The van der Waals surface area contributed by atoms with Gasteiger partial charge >= 0.3 is 6.09 Å². The molecule has 0 radical (unpaired) electrons. The maximum Gasteiger partial charge on any atom is 0.408 e. The van der Waals surface area contributed by atoms with Crippen molar-refractivity contribution in [3.05, 3.63) is 35.9 Å². The average molecular weight is 351 g/mol. The Morgan fingerprint density at radius 2 is 1.84 bits per heavy atom. The summed E-state index contributed by atoms with van der Waals surface area (Å²) in [5, 5.41) is 13.5. The molecule has 0 unspecified atom stereocenters. The zero-order chi connectivity index (χ0) is 18.5. The molecule has 0 aliphatic rings.